The summed E-state index contributed by atoms with van der Waals surface area (Å²) in [7, 11) is 0. The Kier molecular flexibility index (Phi) is 4.71. The molecule has 3 N–H and O–H groups in total. The average molecular weight is 281 g/mol. The summed E-state index contributed by atoms with van der Waals surface area (Å²) in [6.45, 7) is 0.717. The SMILES string of the molecule is CSc1cccc(NCC2CCC(O)C2)c1C(=O)O. The van der Waals surface area contributed by atoms with Crippen molar-refractivity contribution in [2.24, 2.45) is 5.92 Å². The Morgan fingerprint density at radius 2 is 2.26 bits per heavy atom. The minimum absolute atomic E-state index is 0.191. The molecule has 1 aromatic carbocycles. The predicted octanol–water partition coefficient (Wildman–Crippen LogP) is 2.68. The standard InChI is InChI=1S/C14H19NO3S/c1-19-12-4-2-3-11(13(12)14(17)18)15-8-9-5-6-10(16)7-9/h2-4,9-10,15-16H,5-8H2,1H3,(H,17,18). The van der Waals surface area contributed by atoms with E-state index in [1.807, 2.05) is 18.4 Å². The van der Waals surface area contributed by atoms with E-state index in [0.717, 1.165) is 30.7 Å². The topological polar surface area (TPSA) is 69.6 Å². The second kappa shape index (κ2) is 6.30. The lowest BCUT2D eigenvalue weighted by Crippen LogP contribution is -2.15. The Hall–Kier alpha value is -1.20. The van der Waals surface area contributed by atoms with Crippen LogP contribution in [0.5, 0.6) is 0 Å². The smallest absolute Gasteiger partial charge is 0.338 e. The van der Waals surface area contributed by atoms with E-state index in [9.17, 15) is 15.0 Å². The van der Waals surface area contributed by atoms with Crippen molar-refractivity contribution >= 4 is 23.4 Å². The lowest BCUT2D eigenvalue weighted by atomic mass is 10.1. The van der Waals surface area contributed by atoms with E-state index in [4.69, 9.17) is 0 Å². The molecule has 2 rings (SSSR count). The highest BCUT2D eigenvalue weighted by atomic mass is 32.2. The van der Waals surface area contributed by atoms with Crippen molar-refractivity contribution in [3.8, 4) is 0 Å². The van der Waals surface area contributed by atoms with Gasteiger partial charge in [0.05, 0.1) is 11.7 Å². The first-order valence-electron chi connectivity index (χ1n) is 6.44. The Balaban J connectivity index is 2.09. The number of aromatic carboxylic acids is 1. The van der Waals surface area contributed by atoms with Crippen LogP contribution in [0.25, 0.3) is 0 Å². The number of anilines is 1. The largest absolute Gasteiger partial charge is 0.478 e. The van der Waals surface area contributed by atoms with E-state index in [1.165, 1.54) is 11.8 Å². The van der Waals surface area contributed by atoms with Crippen LogP contribution in [0.3, 0.4) is 0 Å². The van der Waals surface area contributed by atoms with Crippen LogP contribution in [0.15, 0.2) is 23.1 Å². The summed E-state index contributed by atoms with van der Waals surface area (Å²) in [5.41, 5.74) is 1.01. The molecule has 0 aliphatic heterocycles. The summed E-state index contributed by atoms with van der Waals surface area (Å²) in [5, 5.41) is 22.0. The fourth-order valence-corrected chi connectivity index (χ4v) is 3.17. The van der Waals surface area contributed by atoms with Crippen LogP contribution < -0.4 is 5.32 Å². The zero-order valence-corrected chi connectivity index (χ0v) is 11.7. The number of carbonyl (C=O) groups is 1. The van der Waals surface area contributed by atoms with Crippen LogP contribution in [-0.2, 0) is 0 Å². The third kappa shape index (κ3) is 3.42. The number of benzene rings is 1. The van der Waals surface area contributed by atoms with Gasteiger partial charge < -0.3 is 15.5 Å². The van der Waals surface area contributed by atoms with Crippen molar-refractivity contribution in [2.45, 2.75) is 30.3 Å². The molecule has 0 heterocycles. The zero-order valence-electron chi connectivity index (χ0n) is 10.9. The highest BCUT2D eigenvalue weighted by Crippen LogP contribution is 2.29. The number of aliphatic hydroxyl groups is 1. The molecular weight excluding hydrogens is 262 g/mol. The first-order chi connectivity index (χ1) is 9.11. The summed E-state index contributed by atoms with van der Waals surface area (Å²) in [5.74, 6) is -0.478. The number of hydrogen-bond acceptors (Lipinski definition) is 4. The van der Waals surface area contributed by atoms with Gasteiger partial charge in [0.1, 0.15) is 0 Å². The van der Waals surface area contributed by atoms with Gasteiger partial charge in [-0.1, -0.05) is 6.07 Å². The van der Waals surface area contributed by atoms with Gasteiger partial charge in [0.15, 0.2) is 0 Å². The van der Waals surface area contributed by atoms with Crippen molar-refractivity contribution in [1.29, 1.82) is 0 Å². The first kappa shape index (κ1) is 14.2. The van der Waals surface area contributed by atoms with Crippen LogP contribution in [0.1, 0.15) is 29.6 Å². The minimum atomic E-state index is -0.904. The molecule has 0 saturated heterocycles. The van der Waals surface area contributed by atoms with Gasteiger partial charge >= 0.3 is 5.97 Å². The van der Waals surface area contributed by atoms with Crippen molar-refractivity contribution in [3.05, 3.63) is 23.8 Å². The monoisotopic (exact) mass is 281 g/mol. The van der Waals surface area contributed by atoms with Gasteiger partial charge in [-0.2, -0.15) is 0 Å². The summed E-state index contributed by atoms with van der Waals surface area (Å²) >= 11 is 1.44. The normalized spacial score (nSPS) is 22.4. The van der Waals surface area contributed by atoms with E-state index >= 15 is 0 Å². The third-order valence-electron chi connectivity index (χ3n) is 3.55. The van der Waals surface area contributed by atoms with E-state index in [2.05, 4.69) is 5.32 Å². The van der Waals surface area contributed by atoms with Gasteiger partial charge in [-0.25, -0.2) is 4.79 Å². The molecule has 0 bridgehead atoms. The number of thioether (sulfide) groups is 1. The van der Waals surface area contributed by atoms with Gasteiger partial charge in [-0.3, -0.25) is 0 Å². The fourth-order valence-electron chi connectivity index (χ4n) is 2.56. The van der Waals surface area contributed by atoms with Gasteiger partial charge in [0.25, 0.3) is 0 Å². The molecule has 1 fully saturated rings. The molecule has 104 valence electrons. The van der Waals surface area contributed by atoms with Crippen molar-refractivity contribution in [3.63, 3.8) is 0 Å². The molecule has 1 saturated carbocycles. The minimum Gasteiger partial charge on any atom is -0.478 e. The molecule has 5 heteroatoms. The summed E-state index contributed by atoms with van der Waals surface area (Å²) in [6, 6.07) is 5.48. The first-order valence-corrected chi connectivity index (χ1v) is 7.66. The second-order valence-electron chi connectivity index (χ2n) is 4.90. The molecule has 1 aromatic rings. The van der Waals surface area contributed by atoms with Crippen LogP contribution in [-0.4, -0.2) is 35.1 Å². The Labute approximate surface area is 117 Å². The Morgan fingerprint density at radius 3 is 2.84 bits per heavy atom. The van der Waals surface area contributed by atoms with Gasteiger partial charge in [0, 0.05) is 17.1 Å². The molecule has 2 atom stereocenters. The summed E-state index contributed by atoms with van der Waals surface area (Å²) in [6.07, 6.45) is 4.33. The molecule has 0 aromatic heterocycles. The fraction of sp³-hybridized carbons (Fsp3) is 0.500. The number of aliphatic hydroxyl groups excluding tert-OH is 1. The summed E-state index contributed by atoms with van der Waals surface area (Å²) < 4.78 is 0. The third-order valence-corrected chi connectivity index (χ3v) is 4.33. The van der Waals surface area contributed by atoms with Crippen LogP contribution in [0.2, 0.25) is 0 Å². The highest BCUT2D eigenvalue weighted by Gasteiger charge is 2.23. The quantitative estimate of drug-likeness (QED) is 0.724. The van der Waals surface area contributed by atoms with E-state index in [1.54, 1.807) is 6.07 Å². The summed E-state index contributed by atoms with van der Waals surface area (Å²) in [4.78, 5) is 12.1. The number of rotatable bonds is 5. The maximum atomic E-state index is 11.4. The number of hydrogen-bond donors (Lipinski definition) is 3. The average Bonchev–Trinajstić information content (AvgIpc) is 2.81. The molecule has 0 spiro atoms. The van der Waals surface area contributed by atoms with Gasteiger partial charge in [0.2, 0.25) is 0 Å². The highest BCUT2D eigenvalue weighted by molar-refractivity contribution is 7.98. The van der Waals surface area contributed by atoms with Gasteiger partial charge in [-0.05, 0) is 43.6 Å². The molecule has 2 unspecified atom stereocenters. The molecule has 1 aliphatic rings. The maximum absolute atomic E-state index is 11.4. The second-order valence-corrected chi connectivity index (χ2v) is 5.75. The molecular formula is C14H19NO3S. The van der Waals surface area contributed by atoms with E-state index in [0.29, 0.717) is 17.2 Å². The van der Waals surface area contributed by atoms with Crippen molar-refractivity contribution in [1.82, 2.24) is 0 Å². The van der Waals surface area contributed by atoms with Crippen molar-refractivity contribution in [2.75, 3.05) is 18.1 Å². The number of nitrogens with one attached hydrogen (secondary N) is 1. The lowest BCUT2D eigenvalue weighted by molar-refractivity contribution is 0.0694. The molecule has 19 heavy (non-hydrogen) atoms. The lowest BCUT2D eigenvalue weighted by Gasteiger charge is -2.15. The van der Waals surface area contributed by atoms with Crippen LogP contribution in [0.4, 0.5) is 5.69 Å². The molecule has 0 radical (unpaired) electrons. The number of carboxylic acid groups (broad SMARTS) is 1. The Bertz CT molecular complexity index is 464. The van der Waals surface area contributed by atoms with Crippen LogP contribution in [0, 0.1) is 5.92 Å². The number of carboxylic acids is 1. The zero-order chi connectivity index (χ0) is 13.8. The van der Waals surface area contributed by atoms with E-state index < -0.39 is 5.97 Å². The Morgan fingerprint density at radius 1 is 1.47 bits per heavy atom. The van der Waals surface area contributed by atoms with Crippen molar-refractivity contribution < 1.29 is 15.0 Å². The van der Waals surface area contributed by atoms with Gasteiger partial charge in [-0.15, -0.1) is 11.8 Å². The molecule has 0 amide bonds. The molecule has 4 nitrogen and oxygen atoms in total. The predicted molar refractivity (Wildman–Crippen MR) is 77.0 cm³/mol. The molecule has 1 aliphatic carbocycles. The van der Waals surface area contributed by atoms with E-state index in [-0.39, 0.29) is 6.10 Å². The van der Waals surface area contributed by atoms with Crippen LogP contribution >= 0.6 is 11.8 Å². The maximum Gasteiger partial charge on any atom is 0.338 e.